The molecule has 1 aliphatic carbocycles. The molecule has 1 amide bonds. The van der Waals surface area contributed by atoms with Crippen LogP contribution in [0.25, 0.3) is 16.5 Å². The second kappa shape index (κ2) is 8.03. The van der Waals surface area contributed by atoms with Crippen molar-refractivity contribution in [1.82, 2.24) is 14.8 Å². The number of amides is 1. The number of likely N-dealkylation sites (N-methyl/N-ethyl adjacent to an activating group) is 1. The predicted molar refractivity (Wildman–Crippen MR) is 114 cm³/mol. The average molecular weight is 416 g/mol. The molecule has 2 aliphatic rings. The third kappa shape index (κ3) is 4.53. The summed E-state index contributed by atoms with van der Waals surface area (Å²) in [7, 11) is 0.218. The third-order valence-electron chi connectivity index (χ3n) is 5.29. The zero-order chi connectivity index (χ0) is 21.3. The van der Waals surface area contributed by atoms with E-state index < -0.39 is 10.1 Å². The van der Waals surface area contributed by atoms with Crippen molar-refractivity contribution in [2.75, 3.05) is 33.4 Å². The van der Waals surface area contributed by atoms with E-state index in [1.807, 2.05) is 0 Å². The van der Waals surface area contributed by atoms with Crippen molar-refractivity contribution in [2.24, 2.45) is 5.92 Å². The van der Waals surface area contributed by atoms with E-state index in [-0.39, 0.29) is 11.8 Å². The lowest BCUT2D eigenvalue weighted by atomic mass is 9.79. The highest BCUT2D eigenvalue weighted by Crippen LogP contribution is 2.40. The first kappa shape index (κ1) is 21.1. The molecule has 0 radical (unpaired) electrons. The molecular weight excluding hydrogens is 390 g/mol. The van der Waals surface area contributed by atoms with Crippen LogP contribution in [0.2, 0.25) is 0 Å². The predicted octanol–water partition coefficient (Wildman–Crippen LogP) is 1.63. The second-order valence-corrected chi connectivity index (χ2v) is 9.03. The molecule has 2 heterocycles. The van der Waals surface area contributed by atoms with Crippen molar-refractivity contribution >= 4 is 32.5 Å². The summed E-state index contributed by atoms with van der Waals surface area (Å²) in [5.74, 6) is 2.50. The fraction of sp³-hybridized carbons (Fsp3) is 0.381. The Hall–Kier alpha value is -2.60. The Balaban J connectivity index is 0.000000431. The van der Waals surface area contributed by atoms with E-state index in [1.165, 1.54) is 27.6 Å². The van der Waals surface area contributed by atoms with Crippen LogP contribution in [0.3, 0.4) is 0 Å². The van der Waals surface area contributed by atoms with Crippen LogP contribution in [0.4, 0.5) is 0 Å². The molecular formula is C21H25N3O4S. The van der Waals surface area contributed by atoms with Crippen LogP contribution in [0.1, 0.15) is 11.1 Å². The first-order valence-corrected chi connectivity index (χ1v) is 11.1. The van der Waals surface area contributed by atoms with Gasteiger partial charge in [0, 0.05) is 36.7 Å². The lowest BCUT2D eigenvalue weighted by Crippen LogP contribution is -2.47. The lowest BCUT2D eigenvalue weighted by molar-refractivity contribution is -0.132. The molecule has 7 nitrogen and oxygen atoms in total. The van der Waals surface area contributed by atoms with Crippen molar-refractivity contribution in [3.63, 3.8) is 0 Å². The summed E-state index contributed by atoms with van der Waals surface area (Å²) >= 11 is 0. The minimum Gasteiger partial charge on any atom is -0.361 e. The molecule has 154 valence electrons. The first-order chi connectivity index (χ1) is 13.6. The molecule has 1 aromatic heterocycles. The summed E-state index contributed by atoms with van der Waals surface area (Å²) in [5.41, 5.74) is 5.06. The largest absolute Gasteiger partial charge is 0.361 e. The Kier molecular flexibility index (Phi) is 5.85. The molecule has 2 N–H and O–H groups in total. The molecule has 2 atom stereocenters. The Bertz CT molecular complexity index is 1100. The highest BCUT2D eigenvalue weighted by atomic mass is 32.2. The van der Waals surface area contributed by atoms with E-state index in [0.717, 1.165) is 13.0 Å². The van der Waals surface area contributed by atoms with Crippen molar-refractivity contribution in [3.8, 4) is 12.3 Å². The minimum atomic E-state index is -3.67. The van der Waals surface area contributed by atoms with E-state index in [1.54, 1.807) is 11.9 Å². The van der Waals surface area contributed by atoms with E-state index in [9.17, 15) is 13.2 Å². The van der Waals surface area contributed by atoms with Gasteiger partial charge in [0.05, 0.1) is 18.7 Å². The summed E-state index contributed by atoms with van der Waals surface area (Å²) in [6.07, 6.45) is 11.3. The summed E-state index contributed by atoms with van der Waals surface area (Å²) in [6, 6.07) is 6.69. The molecule has 0 spiro atoms. The third-order valence-corrected chi connectivity index (χ3v) is 5.29. The Morgan fingerprint density at radius 2 is 2.14 bits per heavy atom. The molecule has 0 saturated carbocycles. The first-order valence-electron chi connectivity index (χ1n) is 9.22. The van der Waals surface area contributed by atoms with E-state index >= 15 is 0 Å². The van der Waals surface area contributed by atoms with Gasteiger partial charge in [-0.3, -0.25) is 14.2 Å². The molecule has 0 bridgehead atoms. The number of carbonyl (C=O) groups excluding carboxylic acids is 1. The van der Waals surface area contributed by atoms with Gasteiger partial charge < -0.3 is 9.88 Å². The maximum atomic E-state index is 12.7. The maximum Gasteiger partial charge on any atom is 0.261 e. The zero-order valence-corrected chi connectivity index (χ0v) is 17.5. The number of H-pyrrole nitrogens is 1. The van der Waals surface area contributed by atoms with Gasteiger partial charge in [-0.1, -0.05) is 24.1 Å². The fourth-order valence-corrected chi connectivity index (χ4v) is 4.10. The Morgan fingerprint density at radius 3 is 2.79 bits per heavy atom. The molecule has 1 aromatic carbocycles. The standard InChI is InChI=1S/C20H21N3O.CH4O3S/c1-4-8-22(2)20(24)14-9-16-15-6-5-7-17-19(15)13(11-21-17)10-18(16)23(3)12-14;1-5(2,3)4/h1,5-7,9,11,14,18,21H,8,10,12H2,2-3H3;1H3,(H,2,3,4)/t14-,18-;/m1./s1. The van der Waals surface area contributed by atoms with E-state index in [2.05, 4.69) is 53.3 Å². The number of aromatic amines is 1. The van der Waals surface area contributed by atoms with Gasteiger partial charge in [0.1, 0.15) is 0 Å². The molecule has 4 rings (SSSR count). The monoisotopic (exact) mass is 415 g/mol. The molecule has 0 fully saturated rings. The topological polar surface area (TPSA) is 93.7 Å². The van der Waals surface area contributed by atoms with Gasteiger partial charge in [-0.15, -0.1) is 6.42 Å². The maximum absolute atomic E-state index is 12.7. The van der Waals surface area contributed by atoms with E-state index in [0.29, 0.717) is 18.8 Å². The number of hydrogen-bond acceptors (Lipinski definition) is 4. The van der Waals surface area contributed by atoms with Crippen LogP contribution in [0.15, 0.2) is 30.5 Å². The van der Waals surface area contributed by atoms with Crippen molar-refractivity contribution in [3.05, 3.63) is 41.6 Å². The van der Waals surface area contributed by atoms with Crippen LogP contribution < -0.4 is 0 Å². The highest BCUT2D eigenvalue weighted by Gasteiger charge is 2.36. The van der Waals surface area contributed by atoms with Crippen LogP contribution in [-0.4, -0.2) is 73.1 Å². The average Bonchev–Trinajstić information content (AvgIpc) is 3.05. The summed E-state index contributed by atoms with van der Waals surface area (Å²) in [4.78, 5) is 20.0. The molecule has 29 heavy (non-hydrogen) atoms. The van der Waals surface area contributed by atoms with E-state index in [4.69, 9.17) is 11.0 Å². The number of carbonyl (C=O) groups is 1. The highest BCUT2D eigenvalue weighted by molar-refractivity contribution is 7.85. The van der Waals surface area contributed by atoms with Crippen molar-refractivity contribution < 1.29 is 17.8 Å². The molecule has 8 heteroatoms. The normalized spacial score (nSPS) is 20.7. The molecule has 0 saturated heterocycles. The quantitative estimate of drug-likeness (QED) is 0.574. The van der Waals surface area contributed by atoms with Crippen LogP contribution >= 0.6 is 0 Å². The Labute approximate surface area is 171 Å². The lowest BCUT2D eigenvalue weighted by Gasteiger charge is -2.40. The number of nitrogens with one attached hydrogen (secondary N) is 1. The van der Waals surface area contributed by atoms with Gasteiger partial charge >= 0.3 is 0 Å². The Morgan fingerprint density at radius 1 is 1.45 bits per heavy atom. The molecule has 0 unspecified atom stereocenters. The number of terminal acetylenes is 1. The van der Waals surface area contributed by atoms with Crippen molar-refractivity contribution in [1.29, 1.82) is 0 Å². The summed E-state index contributed by atoms with van der Waals surface area (Å²) in [6.45, 7) is 1.08. The summed E-state index contributed by atoms with van der Waals surface area (Å²) < 4.78 is 25.9. The van der Waals surface area contributed by atoms with Crippen LogP contribution in [0, 0.1) is 18.3 Å². The number of aromatic nitrogens is 1. The SMILES string of the molecule is C#CCN(C)C(=O)[C@@H]1C=C2c3cccc4[nH]cc(c34)C[C@H]2N(C)C1.CS(=O)(=O)O. The van der Waals surface area contributed by atoms with Crippen molar-refractivity contribution in [2.45, 2.75) is 12.5 Å². The van der Waals surface area contributed by atoms with Gasteiger partial charge in [-0.25, -0.2) is 0 Å². The minimum absolute atomic E-state index is 0.0952. The van der Waals surface area contributed by atoms with Crippen LogP contribution in [-0.2, 0) is 21.3 Å². The molecule has 1 aliphatic heterocycles. The van der Waals surface area contributed by atoms with Gasteiger partial charge in [-0.2, -0.15) is 8.42 Å². The number of hydrogen-bond donors (Lipinski definition) is 2. The second-order valence-electron chi connectivity index (χ2n) is 7.56. The summed E-state index contributed by atoms with van der Waals surface area (Å²) in [5, 5.41) is 1.30. The van der Waals surface area contributed by atoms with Gasteiger partial charge in [0.25, 0.3) is 10.1 Å². The fourth-order valence-electron chi connectivity index (χ4n) is 4.10. The van der Waals surface area contributed by atoms with Crippen LogP contribution in [0.5, 0.6) is 0 Å². The number of benzene rings is 1. The number of fused-ring (bicyclic) bond motifs is 2. The molecule has 2 aromatic rings. The number of rotatable bonds is 2. The number of nitrogens with zero attached hydrogens (tertiary/aromatic N) is 2. The van der Waals surface area contributed by atoms with Gasteiger partial charge in [0.15, 0.2) is 0 Å². The van der Waals surface area contributed by atoms with Gasteiger partial charge in [0.2, 0.25) is 5.91 Å². The smallest absolute Gasteiger partial charge is 0.261 e. The van der Waals surface area contributed by atoms with Gasteiger partial charge in [-0.05, 0) is 36.2 Å². The zero-order valence-electron chi connectivity index (χ0n) is 16.7.